The molecule has 1 aliphatic rings. The molecule has 0 radical (unpaired) electrons. The lowest BCUT2D eigenvalue weighted by Crippen LogP contribution is -2.45. The van der Waals surface area contributed by atoms with Crippen LogP contribution in [-0.4, -0.2) is 34.4 Å². The third kappa shape index (κ3) is 7.19. The van der Waals surface area contributed by atoms with E-state index in [1.807, 2.05) is 39.0 Å². The van der Waals surface area contributed by atoms with E-state index in [9.17, 15) is 19.4 Å². The predicted octanol–water partition coefficient (Wildman–Crippen LogP) is 6.45. The highest BCUT2D eigenvalue weighted by molar-refractivity contribution is 5.77. The van der Waals surface area contributed by atoms with Crippen molar-refractivity contribution in [3.63, 3.8) is 0 Å². The quantitative estimate of drug-likeness (QED) is 0.383. The number of hydrogen-bond donors (Lipinski definition) is 3. The Hall–Kier alpha value is -2.60. The maximum absolute atomic E-state index is 13.5. The Labute approximate surface area is 196 Å². The fraction of sp³-hybridized carbons (Fsp3) is 0.519. The van der Waals surface area contributed by atoms with E-state index >= 15 is 0 Å². The lowest BCUT2D eigenvalue weighted by molar-refractivity contribution is -0.137. The zero-order chi connectivity index (χ0) is 24.0. The Bertz CT molecular complexity index is 918. The molecule has 3 rings (SSSR count). The van der Waals surface area contributed by atoms with Crippen molar-refractivity contribution in [3.05, 3.63) is 53.8 Å². The number of nitrogens with one attached hydrogen (secondary N) is 1. The van der Waals surface area contributed by atoms with Gasteiger partial charge in [0.2, 0.25) is 0 Å². The molecule has 180 valence electrons. The molecular weight excluding hydrogens is 419 g/mol. The number of aliphatic hydroxyl groups is 1. The second kappa shape index (κ2) is 11.0. The summed E-state index contributed by atoms with van der Waals surface area (Å²) in [5.74, 6) is -1.21. The first-order valence-electron chi connectivity index (χ1n) is 12.0. The molecule has 0 bridgehead atoms. The maximum Gasteiger partial charge on any atom is 0.303 e. The van der Waals surface area contributed by atoms with Crippen LogP contribution in [0.25, 0.3) is 0 Å². The first-order valence-corrected chi connectivity index (χ1v) is 12.0. The van der Waals surface area contributed by atoms with Crippen molar-refractivity contribution in [2.45, 2.75) is 83.3 Å². The summed E-state index contributed by atoms with van der Waals surface area (Å²) in [5.41, 5.74) is 2.66. The largest absolute Gasteiger partial charge is 0.481 e. The van der Waals surface area contributed by atoms with Crippen molar-refractivity contribution < 1.29 is 19.4 Å². The summed E-state index contributed by atoms with van der Waals surface area (Å²) < 4.78 is 13.5. The van der Waals surface area contributed by atoms with Gasteiger partial charge in [-0.2, -0.15) is 0 Å². The van der Waals surface area contributed by atoms with Gasteiger partial charge in [-0.25, -0.2) is 4.39 Å². The van der Waals surface area contributed by atoms with Crippen LogP contribution < -0.4 is 10.2 Å². The van der Waals surface area contributed by atoms with Crippen molar-refractivity contribution in [2.24, 2.45) is 0 Å². The number of carbonyl (C=O) groups is 1. The van der Waals surface area contributed by atoms with Gasteiger partial charge in [-0.1, -0.05) is 32.3 Å². The van der Waals surface area contributed by atoms with Crippen molar-refractivity contribution in [1.29, 1.82) is 0 Å². The number of benzene rings is 2. The first kappa shape index (κ1) is 25.0. The fourth-order valence-corrected chi connectivity index (χ4v) is 4.78. The highest BCUT2D eigenvalue weighted by Crippen LogP contribution is 2.38. The van der Waals surface area contributed by atoms with E-state index in [0.29, 0.717) is 12.6 Å². The van der Waals surface area contributed by atoms with E-state index < -0.39 is 11.6 Å². The van der Waals surface area contributed by atoms with Crippen LogP contribution in [0.3, 0.4) is 0 Å². The molecule has 0 heterocycles. The Morgan fingerprint density at radius 1 is 1.15 bits per heavy atom. The topological polar surface area (TPSA) is 72.8 Å². The van der Waals surface area contributed by atoms with Gasteiger partial charge in [-0.05, 0) is 81.0 Å². The minimum atomic E-state index is -0.876. The molecule has 6 heteroatoms. The third-order valence-corrected chi connectivity index (χ3v) is 6.41. The molecule has 1 aliphatic carbocycles. The number of aliphatic carboxylic acids is 1. The van der Waals surface area contributed by atoms with Crippen LogP contribution in [0, 0.1) is 5.82 Å². The SMILES string of the molecule is CCC(CC(=O)O)c1ccc(N(CC(C)(C)O)C2CCCCC2)c(Nc2ccc(F)cc2)c1. The monoisotopic (exact) mass is 456 g/mol. The standard InChI is InChI=1S/C27H37FN2O3/c1-4-19(17-26(31)32)20-10-15-25(24(16-20)29-22-13-11-21(28)12-14-22)30(18-27(2,3)33)23-8-6-5-7-9-23/h10-16,19,23,29,33H,4-9,17-18H2,1-3H3,(H,31,32). The van der Waals surface area contributed by atoms with Gasteiger partial charge in [0.05, 0.1) is 23.4 Å². The number of nitrogens with zero attached hydrogens (tertiary/aromatic N) is 1. The molecule has 2 aromatic rings. The van der Waals surface area contributed by atoms with E-state index in [1.54, 1.807) is 12.1 Å². The third-order valence-electron chi connectivity index (χ3n) is 6.41. The molecule has 1 atom stereocenters. The fourth-order valence-electron chi connectivity index (χ4n) is 4.78. The normalized spacial score (nSPS) is 15.8. The maximum atomic E-state index is 13.5. The second-order valence-corrected chi connectivity index (χ2v) is 9.84. The van der Waals surface area contributed by atoms with Crippen LogP contribution in [-0.2, 0) is 4.79 Å². The summed E-state index contributed by atoms with van der Waals surface area (Å²) in [6.07, 6.45) is 6.51. The van der Waals surface area contributed by atoms with Crippen LogP contribution in [0.15, 0.2) is 42.5 Å². The molecule has 5 nitrogen and oxygen atoms in total. The lowest BCUT2D eigenvalue weighted by atomic mass is 9.90. The molecular formula is C27H37FN2O3. The van der Waals surface area contributed by atoms with Gasteiger partial charge in [0.25, 0.3) is 0 Å². The van der Waals surface area contributed by atoms with Crippen molar-refractivity contribution in [2.75, 3.05) is 16.8 Å². The average molecular weight is 457 g/mol. The summed E-state index contributed by atoms with van der Waals surface area (Å²) in [5, 5.41) is 23.5. The molecule has 0 spiro atoms. The van der Waals surface area contributed by atoms with Gasteiger partial charge in [0, 0.05) is 18.3 Å². The van der Waals surface area contributed by atoms with Gasteiger partial charge in [-0.15, -0.1) is 0 Å². The van der Waals surface area contributed by atoms with Gasteiger partial charge in [0.15, 0.2) is 0 Å². The number of carboxylic acids is 1. The number of hydrogen-bond acceptors (Lipinski definition) is 4. The molecule has 0 saturated heterocycles. The molecule has 0 aromatic heterocycles. The van der Waals surface area contributed by atoms with E-state index in [2.05, 4.69) is 10.2 Å². The second-order valence-electron chi connectivity index (χ2n) is 9.84. The summed E-state index contributed by atoms with van der Waals surface area (Å²) >= 11 is 0. The zero-order valence-corrected chi connectivity index (χ0v) is 20.0. The number of halogens is 1. The minimum absolute atomic E-state index is 0.0713. The van der Waals surface area contributed by atoms with E-state index in [-0.39, 0.29) is 18.2 Å². The molecule has 1 fully saturated rings. The highest BCUT2D eigenvalue weighted by Gasteiger charge is 2.29. The van der Waals surface area contributed by atoms with Crippen LogP contribution >= 0.6 is 0 Å². The van der Waals surface area contributed by atoms with E-state index in [0.717, 1.165) is 41.9 Å². The van der Waals surface area contributed by atoms with E-state index in [1.165, 1.54) is 31.4 Å². The average Bonchev–Trinajstić information content (AvgIpc) is 2.77. The molecule has 0 aliphatic heterocycles. The molecule has 1 saturated carbocycles. The van der Waals surface area contributed by atoms with Gasteiger partial charge in [0.1, 0.15) is 5.82 Å². The van der Waals surface area contributed by atoms with Crippen molar-refractivity contribution in [3.8, 4) is 0 Å². The van der Waals surface area contributed by atoms with Crippen LogP contribution in [0.1, 0.15) is 77.2 Å². The Balaban J connectivity index is 2.05. The zero-order valence-electron chi connectivity index (χ0n) is 20.0. The first-order chi connectivity index (χ1) is 15.7. The number of anilines is 3. The lowest BCUT2D eigenvalue weighted by Gasteiger charge is -2.40. The van der Waals surface area contributed by atoms with Crippen molar-refractivity contribution >= 4 is 23.0 Å². The summed E-state index contributed by atoms with van der Waals surface area (Å²) in [6, 6.07) is 12.6. The minimum Gasteiger partial charge on any atom is -0.481 e. The van der Waals surface area contributed by atoms with Crippen molar-refractivity contribution in [1.82, 2.24) is 0 Å². The smallest absolute Gasteiger partial charge is 0.303 e. The van der Waals surface area contributed by atoms with Gasteiger partial charge in [-0.3, -0.25) is 4.79 Å². The molecule has 33 heavy (non-hydrogen) atoms. The Morgan fingerprint density at radius 2 is 1.82 bits per heavy atom. The molecule has 2 aromatic carbocycles. The molecule has 0 amide bonds. The van der Waals surface area contributed by atoms with Gasteiger partial charge >= 0.3 is 5.97 Å². The van der Waals surface area contributed by atoms with Crippen LogP contribution in [0.5, 0.6) is 0 Å². The van der Waals surface area contributed by atoms with Crippen LogP contribution in [0.2, 0.25) is 0 Å². The Morgan fingerprint density at radius 3 is 2.39 bits per heavy atom. The summed E-state index contributed by atoms with van der Waals surface area (Å²) in [4.78, 5) is 13.7. The summed E-state index contributed by atoms with van der Waals surface area (Å²) in [7, 11) is 0. The van der Waals surface area contributed by atoms with E-state index in [4.69, 9.17) is 0 Å². The number of carboxylic acid groups (broad SMARTS) is 1. The van der Waals surface area contributed by atoms with Gasteiger partial charge < -0.3 is 20.4 Å². The highest BCUT2D eigenvalue weighted by atomic mass is 19.1. The number of rotatable bonds is 10. The Kier molecular flexibility index (Phi) is 8.35. The summed E-state index contributed by atoms with van der Waals surface area (Å²) in [6.45, 7) is 6.13. The molecule has 3 N–H and O–H groups in total. The van der Waals surface area contributed by atoms with Crippen LogP contribution in [0.4, 0.5) is 21.5 Å². The predicted molar refractivity (Wildman–Crippen MR) is 132 cm³/mol. The molecule has 1 unspecified atom stereocenters.